The van der Waals surface area contributed by atoms with Crippen molar-refractivity contribution in [1.29, 1.82) is 0 Å². The van der Waals surface area contributed by atoms with E-state index in [1.165, 1.54) is 16.7 Å². The fourth-order valence-electron chi connectivity index (χ4n) is 3.15. The number of hydrogen-bond donors (Lipinski definition) is 1. The summed E-state index contributed by atoms with van der Waals surface area (Å²) >= 11 is 0. The van der Waals surface area contributed by atoms with Gasteiger partial charge in [0.1, 0.15) is 5.60 Å². The molecule has 0 radical (unpaired) electrons. The Kier molecular flexibility index (Phi) is 2.00. The van der Waals surface area contributed by atoms with Crippen LogP contribution in [-0.2, 0) is 16.9 Å². The summed E-state index contributed by atoms with van der Waals surface area (Å²) in [5.41, 5.74) is 7.96. The third-order valence-electron chi connectivity index (χ3n) is 4.10. The molecule has 0 saturated carbocycles. The van der Waals surface area contributed by atoms with Crippen LogP contribution in [0.3, 0.4) is 0 Å². The zero-order valence-corrected chi connectivity index (χ0v) is 10.9. The third-order valence-corrected chi connectivity index (χ3v) is 4.10. The molecule has 1 aromatic rings. The van der Waals surface area contributed by atoms with Crippen molar-refractivity contribution in [3.05, 3.63) is 46.7 Å². The highest BCUT2D eigenvalue weighted by molar-refractivity contribution is 5.47. The summed E-state index contributed by atoms with van der Waals surface area (Å²) in [6.45, 7) is 8.75. The molecule has 2 heteroatoms. The predicted octanol–water partition coefficient (Wildman–Crippen LogP) is 3.21. The molecule has 1 aromatic carbocycles. The molecule has 1 aliphatic heterocycles. The van der Waals surface area contributed by atoms with E-state index in [2.05, 4.69) is 57.5 Å². The quantitative estimate of drug-likeness (QED) is 0.737. The second-order valence-corrected chi connectivity index (χ2v) is 5.99. The smallest absolute Gasteiger partial charge is 0.147 e. The second-order valence-electron chi connectivity index (χ2n) is 5.99. The topological polar surface area (TPSA) is 21.3 Å². The van der Waals surface area contributed by atoms with Crippen LogP contribution in [0.4, 0.5) is 0 Å². The van der Waals surface area contributed by atoms with Crippen molar-refractivity contribution in [3.8, 4) is 0 Å². The minimum atomic E-state index is -0.293. The van der Waals surface area contributed by atoms with Gasteiger partial charge in [0.25, 0.3) is 0 Å². The summed E-state index contributed by atoms with van der Waals surface area (Å²) in [6.07, 6.45) is 3.30. The maximum atomic E-state index is 5.97. The molecule has 3 rings (SSSR count). The largest absolute Gasteiger partial charge is 0.270 e. The maximum Gasteiger partial charge on any atom is 0.147 e. The van der Waals surface area contributed by atoms with Crippen LogP contribution in [-0.4, -0.2) is 0 Å². The van der Waals surface area contributed by atoms with Gasteiger partial charge in [-0.3, -0.25) is 10.3 Å². The van der Waals surface area contributed by atoms with Gasteiger partial charge < -0.3 is 0 Å². The van der Waals surface area contributed by atoms with Crippen molar-refractivity contribution in [1.82, 2.24) is 5.48 Å². The Balaban J connectivity index is 2.24. The van der Waals surface area contributed by atoms with E-state index >= 15 is 0 Å². The number of benzene rings is 1. The fraction of sp³-hybridized carbons (Fsp3) is 0.467. The number of hydrogen-bond acceptors (Lipinski definition) is 2. The van der Waals surface area contributed by atoms with Crippen molar-refractivity contribution in [2.24, 2.45) is 5.41 Å². The summed E-state index contributed by atoms with van der Waals surface area (Å²) in [5, 5.41) is 0. The Morgan fingerprint density at radius 1 is 1.24 bits per heavy atom. The number of hydroxylamine groups is 1. The molecule has 1 aliphatic carbocycles. The van der Waals surface area contributed by atoms with Crippen LogP contribution in [0.15, 0.2) is 30.0 Å². The van der Waals surface area contributed by atoms with E-state index in [4.69, 9.17) is 4.84 Å². The van der Waals surface area contributed by atoms with E-state index in [-0.39, 0.29) is 11.0 Å². The van der Waals surface area contributed by atoms with Crippen LogP contribution in [0, 0.1) is 12.3 Å². The summed E-state index contributed by atoms with van der Waals surface area (Å²) in [5.74, 6) is 0. The van der Waals surface area contributed by atoms with Gasteiger partial charge >= 0.3 is 0 Å². The lowest BCUT2D eigenvalue weighted by Gasteiger charge is -2.35. The second kappa shape index (κ2) is 3.14. The number of fused-ring (bicyclic) bond motifs is 2. The van der Waals surface area contributed by atoms with Crippen LogP contribution in [0.25, 0.3) is 0 Å². The summed E-state index contributed by atoms with van der Waals surface area (Å²) in [6, 6.07) is 6.69. The van der Waals surface area contributed by atoms with E-state index in [1.54, 1.807) is 0 Å². The van der Waals surface area contributed by atoms with Gasteiger partial charge in [0, 0.05) is 11.1 Å². The Morgan fingerprint density at radius 2 is 2.00 bits per heavy atom. The van der Waals surface area contributed by atoms with E-state index in [0.717, 1.165) is 12.1 Å². The molecule has 1 N–H and O–H groups in total. The molecule has 0 aromatic heterocycles. The molecule has 2 aliphatic rings. The molecule has 0 bridgehead atoms. The van der Waals surface area contributed by atoms with Gasteiger partial charge in [-0.2, -0.15) is 0 Å². The van der Waals surface area contributed by atoms with Gasteiger partial charge in [-0.1, -0.05) is 37.6 Å². The monoisotopic (exact) mass is 229 g/mol. The van der Waals surface area contributed by atoms with Gasteiger partial charge in [-0.25, -0.2) is 0 Å². The summed E-state index contributed by atoms with van der Waals surface area (Å²) < 4.78 is 0. The SMILES string of the molecule is CC1=CC2(ON1)c1cc(C)ccc1CC2(C)C. The highest BCUT2D eigenvalue weighted by atomic mass is 16.7. The molecule has 1 heterocycles. The van der Waals surface area contributed by atoms with Gasteiger partial charge in [0.05, 0.1) is 0 Å². The summed E-state index contributed by atoms with van der Waals surface area (Å²) in [4.78, 5) is 5.97. The molecular formula is C15H19NO. The first-order valence-corrected chi connectivity index (χ1v) is 6.18. The Bertz CT molecular complexity index is 516. The molecule has 1 spiro atoms. The van der Waals surface area contributed by atoms with Gasteiger partial charge in [0.2, 0.25) is 0 Å². The summed E-state index contributed by atoms with van der Waals surface area (Å²) in [7, 11) is 0. The minimum Gasteiger partial charge on any atom is -0.270 e. The first-order valence-electron chi connectivity index (χ1n) is 6.18. The average Bonchev–Trinajstić information content (AvgIpc) is 2.72. The number of aryl methyl sites for hydroxylation is 1. The van der Waals surface area contributed by atoms with Crippen LogP contribution < -0.4 is 5.48 Å². The first-order chi connectivity index (χ1) is 7.95. The van der Waals surface area contributed by atoms with Gasteiger partial charge in [-0.05, 0) is 37.5 Å². The molecule has 17 heavy (non-hydrogen) atoms. The fourth-order valence-corrected chi connectivity index (χ4v) is 3.15. The van der Waals surface area contributed by atoms with Crippen LogP contribution in [0.2, 0.25) is 0 Å². The molecule has 0 fully saturated rings. The zero-order chi connectivity index (χ0) is 12.3. The van der Waals surface area contributed by atoms with Crippen LogP contribution in [0.5, 0.6) is 0 Å². The average molecular weight is 229 g/mol. The molecule has 2 nitrogen and oxygen atoms in total. The maximum absolute atomic E-state index is 5.97. The lowest BCUT2D eigenvalue weighted by Crippen LogP contribution is -2.38. The van der Waals surface area contributed by atoms with E-state index < -0.39 is 0 Å². The Hall–Kier alpha value is -1.28. The van der Waals surface area contributed by atoms with E-state index in [1.807, 2.05) is 0 Å². The number of rotatable bonds is 0. The Labute approximate surface area is 103 Å². The van der Waals surface area contributed by atoms with Crippen molar-refractivity contribution in [2.45, 2.75) is 39.7 Å². The number of allylic oxidation sites excluding steroid dienone is 1. The predicted molar refractivity (Wildman–Crippen MR) is 68.3 cm³/mol. The highest BCUT2D eigenvalue weighted by Crippen LogP contribution is 2.54. The van der Waals surface area contributed by atoms with E-state index in [9.17, 15) is 0 Å². The van der Waals surface area contributed by atoms with Gasteiger partial charge in [-0.15, -0.1) is 0 Å². The van der Waals surface area contributed by atoms with Crippen LogP contribution in [0.1, 0.15) is 37.5 Å². The molecule has 1 unspecified atom stereocenters. The van der Waals surface area contributed by atoms with E-state index in [0.29, 0.717) is 0 Å². The first kappa shape index (κ1) is 10.8. The van der Waals surface area contributed by atoms with Gasteiger partial charge in [0.15, 0.2) is 0 Å². The minimum absolute atomic E-state index is 0.0912. The molecule has 0 amide bonds. The van der Waals surface area contributed by atoms with Crippen molar-refractivity contribution in [2.75, 3.05) is 0 Å². The standard InChI is InChI=1S/C15H19NO/c1-10-5-6-12-9-14(3,4)15(13(12)7-10)8-11(2)16-17-15/h5-8,16H,9H2,1-4H3. The molecular weight excluding hydrogens is 210 g/mol. The number of nitrogens with one attached hydrogen (secondary N) is 1. The molecule has 0 saturated heterocycles. The molecule has 90 valence electrons. The normalized spacial score (nSPS) is 29.1. The lowest BCUT2D eigenvalue weighted by atomic mass is 9.75. The third kappa shape index (κ3) is 1.31. The Morgan fingerprint density at radius 3 is 2.65 bits per heavy atom. The van der Waals surface area contributed by atoms with Crippen LogP contribution >= 0.6 is 0 Å². The lowest BCUT2D eigenvalue weighted by molar-refractivity contribution is -0.105. The van der Waals surface area contributed by atoms with Crippen molar-refractivity contribution in [3.63, 3.8) is 0 Å². The highest BCUT2D eigenvalue weighted by Gasteiger charge is 2.54. The molecule has 1 atom stereocenters. The van der Waals surface area contributed by atoms with Crippen molar-refractivity contribution < 1.29 is 4.84 Å². The van der Waals surface area contributed by atoms with Crippen molar-refractivity contribution >= 4 is 0 Å². The zero-order valence-electron chi connectivity index (χ0n) is 10.9.